The number of hydrogen-bond donors (Lipinski definition) is 2. The smallest absolute Gasteiger partial charge is 0.257 e. The van der Waals surface area contributed by atoms with Gasteiger partial charge in [-0.2, -0.15) is 5.26 Å². The van der Waals surface area contributed by atoms with E-state index in [9.17, 15) is 4.79 Å². The number of nitriles is 1. The third kappa shape index (κ3) is 4.83. The van der Waals surface area contributed by atoms with Gasteiger partial charge in [0.1, 0.15) is 11.8 Å². The molecule has 27 heavy (non-hydrogen) atoms. The molecular formula is C20H22ClN5O. The maximum Gasteiger partial charge on any atom is 0.257 e. The van der Waals surface area contributed by atoms with Crippen LogP contribution in [-0.2, 0) is 6.54 Å². The zero-order chi connectivity index (χ0) is 19.4. The molecule has 2 heterocycles. The van der Waals surface area contributed by atoms with E-state index in [1.165, 1.54) is 12.3 Å². The van der Waals surface area contributed by atoms with E-state index in [4.69, 9.17) is 16.9 Å². The predicted octanol–water partition coefficient (Wildman–Crippen LogP) is 2.96. The van der Waals surface area contributed by atoms with Gasteiger partial charge in [0.05, 0.1) is 5.56 Å². The highest BCUT2D eigenvalue weighted by atomic mass is 35.5. The molecule has 7 heteroatoms. The Labute approximate surface area is 164 Å². The first kappa shape index (κ1) is 19.3. The topological polar surface area (TPSA) is 81.0 Å². The Kier molecular flexibility index (Phi) is 6.07. The van der Waals surface area contributed by atoms with Crippen molar-refractivity contribution < 1.29 is 4.79 Å². The highest BCUT2D eigenvalue weighted by Crippen LogP contribution is 2.26. The Hall–Kier alpha value is -2.46. The molecule has 1 aromatic carbocycles. The van der Waals surface area contributed by atoms with Gasteiger partial charge in [-0.3, -0.25) is 9.69 Å². The van der Waals surface area contributed by atoms with Gasteiger partial charge in [0.15, 0.2) is 0 Å². The van der Waals surface area contributed by atoms with Crippen LogP contribution in [0.2, 0.25) is 5.02 Å². The van der Waals surface area contributed by atoms with E-state index in [0.717, 1.165) is 37.3 Å². The molecule has 1 aliphatic rings. The summed E-state index contributed by atoms with van der Waals surface area (Å²) in [6.45, 7) is 7.88. The van der Waals surface area contributed by atoms with Crippen molar-refractivity contribution in [1.82, 2.24) is 15.2 Å². The SMILES string of the molecule is Cc1c(CN2CCNC(C)C2)cc(Cl)cc1NC(=O)c1ccc(C#N)nc1. The molecular weight excluding hydrogens is 362 g/mol. The van der Waals surface area contributed by atoms with Gasteiger partial charge in [-0.05, 0) is 49.2 Å². The second-order valence-electron chi connectivity index (χ2n) is 6.83. The van der Waals surface area contributed by atoms with Gasteiger partial charge >= 0.3 is 0 Å². The highest BCUT2D eigenvalue weighted by Gasteiger charge is 2.18. The normalized spacial score (nSPS) is 17.3. The minimum atomic E-state index is -0.279. The van der Waals surface area contributed by atoms with Crippen LogP contribution in [0, 0.1) is 18.3 Å². The van der Waals surface area contributed by atoms with Crippen molar-refractivity contribution in [2.24, 2.45) is 0 Å². The number of hydrogen-bond acceptors (Lipinski definition) is 5. The minimum Gasteiger partial charge on any atom is -0.322 e. The van der Waals surface area contributed by atoms with E-state index >= 15 is 0 Å². The van der Waals surface area contributed by atoms with Crippen molar-refractivity contribution in [1.29, 1.82) is 5.26 Å². The first-order valence-electron chi connectivity index (χ1n) is 8.88. The summed E-state index contributed by atoms with van der Waals surface area (Å²) >= 11 is 6.31. The Balaban J connectivity index is 1.78. The van der Waals surface area contributed by atoms with Crippen molar-refractivity contribution >= 4 is 23.2 Å². The minimum absolute atomic E-state index is 0.276. The van der Waals surface area contributed by atoms with E-state index in [-0.39, 0.29) is 11.6 Å². The van der Waals surface area contributed by atoms with Crippen LogP contribution in [0.3, 0.4) is 0 Å². The molecule has 0 radical (unpaired) electrons. The molecule has 2 aromatic rings. The third-order valence-corrected chi connectivity index (χ3v) is 4.93. The van der Waals surface area contributed by atoms with E-state index < -0.39 is 0 Å². The Morgan fingerprint density at radius 3 is 2.96 bits per heavy atom. The summed E-state index contributed by atoms with van der Waals surface area (Å²) in [5.41, 5.74) is 3.46. The summed E-state index contributed by atoms with van der Waals surface area (Å²) in [7, 11) is 0. The number of amides is 1. The largest absolute Gasteiger partial charge is 0.322 e. The summed E-state index contributed by atoms with van der Waals surface area (Å²) in [6, 6.07) is 9.23. The van der Waals surface area contributed by atoms with Crippen LogP contribution in [0.5, 0.6) is 0 Å². The number of nitrogens with one attached hydrogen (secondary N) is 2. The van der Waals surface area contributed by atoms with Crippen molar-refractivity contribution in [2.75, 3.05) is 25.0 Å². The summed E-state index contributed by atoms with van der Waals surface area (Å²) < 4.78 is 0. The number of carbonyl (C=O) groups is 1. The summed E-state index contributed by atoms with van der Waals surface area (Å²) in [5, 5.41) is 15.8. The van der Waals surface area contributed by atoms with Crippen LogP contribution in [0.4, 0.5) is 5.69 Å². The lowest BCUT2D eigenvalue weighted by atomic mass is 10.0. The number of benzene rings is 1. The van der Waals surface area contributed by atoms with Crippen molar-refractivity contribution in [3.05, 3.63) is 57.9 Å². The number of anilines is 1. The van der Waals surface area contributed by atoms with E-state index in [0.29, 0.717) is 22.3 Å². The molecule has 6 nitrogen and oxygen atoms in total. The predicted molar refractivity (Wildman–Crippen MR) is 106 cm³/mol. The summed E-state index contributed by atoms with van der Waals surface area (Å²) in [4.78, 5) is 18.9. The lowest BCUT2D eigenvalue weighted by Crippen LogP contribution is -2.48. The van der Waals surface area contributed by atoms with Gasteiger partial charge in [0, 0.05) is 49.1 Å². The number of piperazine rings is 1. The first-order chi connectivity index (χ1) is 13.0. The Bertz CT molecular complexity index is 875. The van der Waals surface area contributed by atoms with Gasteiger partial charge in [-0.15, -0.1) is 0 Å². The average molecular weight is 384 g/mol. The molecule has 1 saturated heterocycles. The molecule has 1 amide bonds. The van der Waals surface area contributed by atoms with Crippen molar-refractivity contribution in [3.8, 4) is 6.07 Å². The van der Waals surface area contributed by atoms with Crippen LogP contribution in [0.1, 0.15) is 34.1 Å². The van der Waals surface area contributed by atoms with Gasteiger partial charge in [0.25, 0.3) is 5.91 Å². The fourth-order valence-corrected chi connectivity index (χ4v) is 3.46. The zero-order valence-corrected chi connectivity index (χ0v) is 16.2. The Morgan fingerprint density at radius 2 is 2.30 bits per heavy atom. The molecule has 3 rings (SSSR count). The lowest BCUT2D eigenvalue weighted by Gasteiger charge is -2.32. The van der Waals surface area contributed by atoms with Gasteiger partial charge in [-0.1, -0.05) is 11.6 Å². The molecule has 0 spiro atoms. The van der Waals surface area contributed by atoms with Gasteiger partial charge in [-0.25, -0.2) is 4.98 Å². The zero-order valence-electron chi connectivity index (χ0n) is 15.4. The van der Waals surface area contributed by atoms with Crippen molar-refractivity contribution in [3.63, 3.8) is 0 Å². The number of rotatable bonds is 4. The molecule has 140 valence electrons. The molecule has 0 aliphatic carbocycles. The maximum absolute atomic E-state index is 12.5. The maximum atomic E-state index is 12.5. The standard InChI is InChI=1S/C20H22ClN5O/c1-13-11-26(6-5-23-13)12-16-7-17(21)8-19(14(16)2)25-20(27)15-3-4-18(9-22)24-10-15/h3-4,7-8,10,13,23H,5-6,11-12H2,1-2H3,(H,25,27). The molecule has 1 aliphatic heterocycles. The van der Waals surface area contributed by atoms with Gasteiger partial charge in [0.2, 0.25) is 0 Å². The number of pyridine rings is 1. The number of carbonyl (C=O) groups excluding carboxylic acids is 1. The first-order valence-corrected chi connectivity index (χ1v) is 9.26. The van der Waals surface area contributed by atoms with Gasteiger partial charge < -0.3 is 10.6 Å². The van der Waals surface area contributed by atoms with E-state index in [2.05, 4.69) is 27.4 Å². The fourth-order valence-electron chi connectivity index (χ4n) is 3.22. The molecule has 1 atom stereocenters. The average Bonchev–Trinajstić information content (AvgIpc) is 2.65. The van der Waals surface area contributed by atoms with E-state index in [1.807, 2.05) is 19.1 Å². The van der Waals surface area contributed by atoms with Crippen LogP contribution in [0.15, 0.2) is 30.5 Å². The number of nitrogens with zero attached hydrogens (tertiary/aromatic N) is 3. The molecule has 2 N–H and O–H groups in total. The number of aromatic nitrogens is 1. The fraction of sp³-hybridized carbons (Fsp3) is 0.350. The molecule has 1 unspecified atom stereocenters. The molecule has 0 saturated carbocycles. The monoisotopic (exact) mass is 383 g/mol. The third-order valence-electron chi connectivity index (χ3n) is 4.72. The molecule has 0 bridgehead atoms. The van der Waals surface area contributed by atoms with Crippen LogP contribution in [-0.4, -0.2) is 41.5 Å². The summed E-state index contributed by atoms with van der Waals surface area (Å²) in [5.74, 6) is -0.279. The van der Waals surface area contributed by atoms with Crippen LogP contribution < -0.4 is 10.6 Å². The second kappa shape index (κ2) is 8.49. The lowest BCUT2D eigenvalue weighted by molar-refractivity contribution is 0.102. The van der Waals surface area contributed by atoms with Crippen molar-refractivity contribution in [2.45, 2.75) is 26.4 Å². The quantitative estimate of drug-likeness (QED) is 0.848. The number of halogens is 1. The summed E-state index contributed by atoms with van der Waals surface area (Å²) in [6.07, 6.45) is 1.40. The van der Waals surface area contributed by atoms with Crippen LogP contribution in [0.25, 0.3) is 0 Å². The molecule has 1 fully saturated rings. The van der Waals surface area contributed by atoms with E-state index in [1.54, 1.807) is 12.1 Å². The van der Waals surface area contributed by atoms with Crippen LogP contribution >= 0.6 is 11.6 Å². The Morgan fingerprint density at radius 1 is 1.48 bits per heavy atom. The highest BCUT2D eigenvalue weighted by molar-refractivity contribution is 6.31. The second-order valence-corrected chi connectivity index (χ2v) is 7.26. The molecule has 1 aromatic heterocycles.